The van der Waals surface area contributed by atoms with E-state index in [-0.39, 0.29) is 55.9 Å². The Labute approximate surface area is 440 Å². The van der Waals surface area contributed by atoms with Crippen LogP contribution in [0.3, 0.4) is 0 Å². The van der Waals surface area contributed by atoms with Gasteiger partial charge in [-0.1, -0.05) is 184 Å². The average Bonchev–Trinajstić information content (AvgIpc) is 3.34. The van der Waals surface area contributed by atoms with E-state index in [4.69, 9.17) is 20.9 Å². The Morgan fingerprint density at radius 1 is 0.438 bits per heavy atom. The molecule has 1 saturated heterocycles. The van der Waals surface area contributed by atoms with Crippen molar-refractivity contribution in [3.8, 4) is 0 Å². The lowest BCUT2D eigenvalue weighted by Crippen LogP contribution is -2.59. The predicted molar refractivity (Wildman–Crippen MR) is 291 cm³/mol. The van der Waals surface area contributed by atoms with Crippen LogP contribution in [0.5, 0.6) is 0 Å². The molecule has 2 unspecified atom stereocenters. The van der Waals surface area contributed by atoms with Crippen molar-refractivity contribution in [2.24, 2.45) is 40.1 Å². The zero-order chi connectivity index (χ0) is 54.4. The topological polar surface area (TPSA) is 262 Å². The molecule has 17 nitrogen and oxygen atoms in total. The number of aliphatic imine (C=N–C) groups is 1. The van der Waals surface area contributed by atoms with Crippen LogP contribution in [-0.2, 0) is 43.0 Å². The van der Waals surface area contributed by atoms with Crippen LogP contribution in [-0.4, -0.2) is 97.4 Å². The van der Waals surface area contributed by atoms with Gasteiger partial charge in [-0.25, -0.2) is 0 Å². The van der Waals surface area contributed by atoms with Crippen molar-refractivity contribution in [3.63, 3.8) is 0 Å². The van der Waals surface area contributed by atoms with Gasteiger partial charge in [-0.2, -0.15) is 0 Å². The molecule has 0 aromatic heterocycles. The molecular formula is C56H104N8O9. The molecule has 1 aliphatic rings. The summed E-state index contributed by atoms with van der Waals surface area (Å²) in [5, 5.41) is 13.9. The molecule has 0 bridgehead atoms. The maximum atomic E-state index is 14.5. The quantitative estimate of drug-likeness (QED) is 0.0134. The predicted octanol–water partition coefficient (Wildman–Crippen LogP) is 8.33. The van der Waals surface area contributed by atoms with E-state index in [1.165, 1.54) is 12.8 Å². The highest BCUT2D eigenvalue weighted by atomic mass is 16.5. The number of carbonyl (C=O) groups excluding carboxylic acids is 7. The van der Waals surface area contributed by atoms with Crippen molar-refractivity contribution in [1.29, 1.82) is 0 Å². The van der Waals surface area contributed by atoms with Gasteiger partial charge in [0.15, 0.2) is 5.96 Å². The summed E-state index contributed by atoms with van der Waals surface area (Å²) in [6.45, 7) is 15.2. The third kappa shape index (κ3) is 31.1. The number of carbonyl (C=O) groups is 7. The van der Waals surface area contributed by atoms with Gasteiger partial charge >= 0.3 is 11.9 Å². The van der Waals surface area contributed by atoms with Crippen LogP contribution in [0.15, 0.2) is 4.99 Å². The molecule has 9 N–H and O–H groups in total. The minimum absolute atomic E-state index is 0.0376. The largest absolute Gasteiger partial charge is 0.463 e. The number of ether oxygens (including phenoxy) is 2. The Morgan fingerprint density at radius 2 is 0.726 bits per heavy atom. The summed E-state index contributed by atoms with van der Waals surface area (Å²) in [6, 6.07) is -6.56. The Kier molecular flexibility index (Phi) is 37.3. The number of hydrogen-bond acceptors (Lipinski definition) is 10. The lowest BCUT2D eigenvalue weighted by Gasteiger charge is -2.27. The minimum atomic E-state index is -1.47. The molecule has 1 fully saturated rings. The number of nitrogens with two attached hydrogens (primary N) is 2. The summed E-state index contributed by atoms with van der Waals surface area (Å²) in [6.07, 6.45) is 23.8. The number of guanidine groups is 1. The van der Waals surface area contributed by atoms with Gasteiger partial charge < -0.3 is 47.5 Å². The third-order valence-corrected chi connectivity index (χ3v) is 13.6. The molecule has 0 aromatic rings. The van der Waals surface area contributed by atoms with Crippen LogP contribution in [0.25, 0.3) is 0 Å². The number of hydrogen-bond donors (Lipinski definition) is 7. The van der Waals surface area contributed by atoms with Gasteiger partial charge in [-0.05, 0) is 63.2 Å². The molecular weight excluding hydrogens is 929 g/mol. The van der Waals surface area contributed by atoms with E-state index < -0.39 is 90.8 Å². The van der Waals surface area contributed by atoms with Crippen molar-refractivity contribution >= 4 is 47.4 Å². The number of amides is 5. The number of esters is 2. The highest BCUT2D eigenvalue weighted by Crippen LogP contribution is 2.23. The molecule has 0 aliphatic carbocycles. The Morgan fingerprint density at radius 3 is 1.07 bits per heavy atom. The zero-order valence-electron chi connectivity index (χ0n) is 46.9. The summed E-state index contributed by atoms with van der Waals surface area (Å²) in [5.74, 6) is -5.82. The second-order valence-corrected chi connectivity index (χ2v) is 21.5. The molecule has 0 spiro atoms. The van der Waals surface area contributed by atoms with Crippen LogP contribution in [0.1, 0.15) is 235 Å². The molecule has 1 aliphatic heterocycles. The Hall–Kier alpha value is -4.44. The van der Waals surface area contributed by atoms with E-state index in [1.54, 1.807) is 0 Å². The molecule has 0 aromatic carbocycles. The molecule has 0 saturated carbocycles. The highest BCUT2D eigenvalue weighted by Gasteiger charge is 2.36. The summed E-state index contributed by atoms with van der Waals surface area (Å²) in [5.41, 5.74) is 11.2. The summed E-state index contributed by atoms with van der Waals surface area (Å²) in [7, 11) is 0. The number of rotatable bonds is 38. The van der Waals surface area contributed by atoms with E-state index in [0.717, 1.165) is 116 Å². The van der Waals surface area contributed by atoms with Crippen LogP contribution in [0, 0.1) is 23.7 Å². The van der Waals surface area contributed by atoms with Gasteiger partial charge in [0, 0.05) is 6.54 Å². The monoisotopic (exact) mass is 1030 g/mol. The normalized spacial score (nSPS) is 19.9. The van der Waals surface area contributed by atoms with Gasteiger partial charge in [0.2, 0.25) is 29.5 Å². The van der Waals surface area contributed by atoms with Crippen LogP contribution in [0.2, 0.25) is 0 Å². The highest BCUT2D eigenvalue weighted by molar-refractivity contribution is 5.98. The number of nitrogens with one attached hydrogen (secondary N) is 5. The van der Waals surface area contributed by atoms with Crippen LogP contribution >= 0.6 is 0 Å². The molecule has 0 radical (unpaired) electrons. The SMILES string of the molecule is CCCCCCCCC(CCCCCC)C(=O)OC[C@@H]1NC(=O)[C@H](CC(C)C)NC(=O)[C@H](CCCN=C(N)N)NC(=O)[C@H](COC(=O)C(CCCCCC)CCCCCCCC)NC(=O)[C@H](CC(C)C)NC1=O. The lowest BCUT2D eigenvalue weighted by molar-refractivity contribution is -0.152. The molecule has 1 heterocycles. The number of nitrogens with zero attached hydrogens (tertiary/aromatic N) is 1. The van der Waals surface area contributed by atoms with Crippen molar-refractivity contribution in [2.75, 3.05) is 19.8 Å². The van der Waals surface area contributed by atoms with Crippen LogP contribution in [0.4, 0.5) is 0 Å². The fourth-order valence-electron chi connectivity index (χ4n) is 9.21. The molecule has 17 heteroatoms. The molecule has 73 heavy (non-hydrogen) atoms. The first-order valence-corrected chi connectivity index (χ1v) is 28.9. The van der Waals surface area contributed by atoms with E-state index in [9.17, 15) is 33.6 Å². The summed E-state index contributed by atoms with van der Waals surface area (Å²) in [4.78, 5) is 104. The second-order valence-electron chi connectivity index (χ2n) is 21.5. The van der Waals surface area contributed by atoms with Crippen molar-refractivity contribution in [3.05, 3.63) is 0 Å². The van der Waals surface area contributed by atoms with Gasteiger partial charge in [0.25, 0.3) is 0 Å². The van der Waals surface area contributed by atoms with Gasteiger partial charge in [-0.3, -0.25) is 38.6 Å². The van der Waals surface area contributed by atoms with Gasteiger partial charge in [-0.15, -0.1) is 0 Å². The third-order valence-electron chi connectivity index (χ3n) is 13.6. The average molecular weight is 1030 g/mol. The fraction of sp³-hybridized carbons (Fsp3) is 0.857. The summed E-state index contributed by atoms with van der Waals surface area (Å²) < 4.78 is 11.9. The van der Waals surface area contributed by atoms with E-state index in [2.05, 4.69) is 59.3 Å². The maximum Gasteiger partial charge on any atom is 0.309 e. The first-order chi connectivity index (χ1) is 35.0. The van der Waals surface area contributed by atoms with E-state index >= 15 is 0 Å². The summed E-state index contributed by atoms with van der Waals surface area (Å²) >= 11 is 0. The Balaban J connectivity index is 3.74. The Bertz CT molecular complexity index is 1610. The maximum absolute atomic E-state index is 14.5. The van der Waals surface area contributed by atoms with Crippen LogP contribution < -0.4 is 38.1 Å². The van der Waals surface area contributed by atoms with E-state index in [1.807, 2.05) is 27.7 Å². The number of unbranched alkanes of at least 4 members (excludes halogenated alkanes) is 16. The van der Waals surface area contributed by atoms with Gasteiger partial charge in [0.05, 0.1) is 11.8 Å². The lowest BCUT2D eigenvalue weighted by atomic mass is 9.94. The molecule has 5 amide bonds. The minimum Gasteiger partial charge on any atom is -0.463 e. The second kappa shape index (κ2) is 40.9. The van der Waals surface area contributed by atoms with Crippen molar-refractivity contribution in [2.45, 2.75) is 265 Å². The van der Waals surface area contributed by atoms with E-state index in [0.29, 0.717) is 25.7 Å². The molecule has 422 valence electrons. The van der Waals surface area contributed by atoms with Crippen molar-refractivity contribution < 1.29 is 43.0 Å². The standard InChI is InChI=1S/C56H104N8O9/c1-9-13-17-21-23-27-32-42(30-25-19-15-11-3)54(70)72-38-47-52(68)60-44(34-29-35-59-56(57)58)49(65)61-45(36-40(5)6)50(66)64-48(53(69)62-46(37-41(7)8)51(67)63-47)39-73-55(71)43(31-26-20-16-12-4)33-28-24-22-18-14-10-2/h40-48H,9-39H2,1-8H3,(H,60,68)(H,61,65)(H,62,69)(H,63,67)(H,64,66)(H4,57,58,59)/t42?,43?,44-,45-,46-,47-,48-/m0/s1. The molecule has 1 rings (SSSR count). The smallest absolute Gasteiger partial charge is 0.309 e. The van der Waals surface area contributed by atoms with Gasteiger partial charge in [0.1, 0.15) is 43.4 Å². The molecule has 7 atom stereocenters. The van der Waals surface area contributed by atoms with Crippen molar-refractivity contribution in [1.82, 2.24) is 26.6 Å². The zero-order valence-corrected chi connectivity index (χ0v) is 46.9. The first-order valence-electron chi connectivity index (χ1n) is 28.9. The first kappa shape index (κ1) is 66.6. The fourth-order valence-corrected chi connectivity index (χ4v) is 9.21.